The van der Waals surface area contributed by atoms with E-state index in [0.29, 0.717) is 42.6 Å². The number of aliphatic hydroxyl groups is 1. The second kappa shape index (κ2) is 11.6. The summed E-state index contributed by atoms with van der Waals surface area (Å²) in [5.74, 6) is -0.346. The zero-order chi connectivity index (χ0) is 28.6. The van der Waals surface area contributed by atoms with Gasteiger partial charge in [-0.25, -0.2) is 14.4 Å². The third kappa shape index (κ3) is 5.46. The molecule has 2 aromatic heterocycles. The number of hydrogen-bond donors (Lipinski definition) is 2. The predicted molar refractivity (Wildman–Crippen MR) is 152 cm³/mol. The lowest BCUT2D eigenvalue weighted by atomic mass is 9.97. The maximum Gasteiger partial charge on any atom is 0.223 e. The molecule has 0 spiro atoms. The highest BCUT2D eigenvalue weighted by atomic mass is 19.1. The van der Waals surface area contributed by atoms with Gasteiger partial charge in [-0.15, -0.1) is 0 Å². The van der Waals surface area contributed by atoms with Crippen molar-refractivity contribution in [1.29, 1.82) is 5.26 Å². The molecule has 0 aliphatic carbocycles. The smallest absolute Gasteiger partial charge is 0.223 e. The minimum Gasteiger partial charge on any atom is -0.389 e. The highest BCUT2D eigenvalue weighted by Crippen LogP contribution is 2.32. The largest absolute Gasteiger partial charge is 0.389 e. The summed E-state index contributed by atoms with van der Waals surface area (Å²) < 4.78 is 22.7. The van der Waals surface area contributed by atoms with Crippen LogP contribution in [0.2, 0.25) is 0 Å². The summed E-state index contributed by atoms with van der Waals surface area (Å²) in [5, 5.41) is 23.5. The first-order chi connectivity index (χ1) is 19.2. The van der Waals surface area contributed by atoms with E-state index >= 15 is 4.39 Å². The number of aryl methyl sites for hydroxylation is 1. The van der Waals surface area contributed by atoms with Crippen molar-refractivity contribution in [2.75, 3.05) is 31.6 Å². The minimum absolute atomic E-state index is 0.00576. The van der Waals surface area contributed by atoms with Gasteiger partial charge in [-0.3, -0.25) is 9.69 Å². The van der Waals surface area contributed by atoms with Crippen LogP contribution in [0.5, 0.6) is 0 Å². The number of anilines is 1. The number of aliphatic hydroxyl groups excluding tert-OH is 1. The van der Waals surface area contributed by atoms with Gasteiger partial charge in [0.2, 0.25) is 5.95 Å². The summed E-state index contributed by atoms with van der Waals surface area (Å²) in [7, 11) is 0. The van der Waals surface area contributed by atoms with Crippen LogP contribution in [0, 0.1) is 36.9 Å². The molecule has 2 aliphatic rings. The van der Waals surface area contributed by atoms with Gasteiger partial charge in [-0.2, -0.15) is 5.26 Å². The van der Waals surface area contributed by atoms with E-state index in [-0.39, 0.29) is 41.7 Å². The topological polar surface area (TPSA) is 116 Å². The molecule has 0 amide bonds. The van der Waals surface area contributed by atoms with Crippen LogP contribution in [0.1, 0.15) is 56.0 Å². The number of piperidine rings is 1. The third-order valence-corrected chi connectivity index (χ3v) is 8.13. The highest BCUT2D eigenvalue weighted by molar-refractivity contribution is 5.87. The standard InChI is InChI=1S/C30H37FN6O3/c1-17(2)37-25-11-21(28-23(31)13-33-30(35-28)34-24-7-9-40-16-27(24)38)18(3)10-22(25)29(39)19(4)26(37)15-36-8-5-6-20(12-32)14-36/h10-11,13,17,20,24,27,38H,5-9,14-16H2,1-4H3,(H,33,34,35)/t20-,24-,27-/m1/s1. The first-order valence-corrected chi connectivity index (χ1v) is 14.0. The van der Waals surface area contributed by atoms with Crippen molar-refractivity contribution >= 4 is 16.9 Å². The number of likely N-dealkylation sites (tertiary alicyclic amines) is 1. The van der Waals surface area contributed by atoms with Gasteiger partial charge in [-0.1, -0.05) is 0 Å². The highest BCUT2D eigenvalue weighted by Gasteiger charge is 2.26. The number of pyridine rings is 1. The van der Waals surface area contributed by atoms with Crippen LogP contribution >= 0.6 is 0 Å². The third-order valence-electron chi connectivity index (χ3n) is 8.13. The Bertz CT molecular complexity index is 1510. The Morgan fingerprint density at radius 3 is 2.83 bits per heavy atom. The molecular formula is C30H37FN6O3. The van der Waals surface area contributed by atoms with Crippen molar-refractivity contribution in [2.24, 2.45) is 5.92 Å². The zero-order valence-corrected chi connectivity index (χ0v) is 23.6. The maximum absolute atomic E-state index is 15.2. The first-order valence-electron chi connectivity index (χ1n) is 14.0. The molecule has 3 atom stereocenters. The molecule has 3 aromatic rings. The molecule has 2 saturated heterocycles. The van der Waals surface area contributed by atoms with Gasteiger partial charge in [0.25, 0.3) is 0 Å². The summed E-state index contributed by atoms with van der Waals surface area (Å²) in [4.78, 5) is 24.5. The summed E-state index contributed by atoms with van der Waals surface area (Å²) in [6, 6.07) is 5.83. The molecule has 10 heteroatoms. The van der Waals surface area contributed by atoms with Gasteiger partial charge in [0.1, 0.15) is 5.69 Å². The van der Waals surface area contributed by atoms with Crippen molar-refractivity contribution in [3.05, 3.63) is 51.2 Å². The van der Waals surface area contributed by atoms with Crippen molar-refractivity contribution in [3.63, 3.8) is 0 Å². The number of aromatic nitrogens is 3. The monoisotopic (exact) mass is 548 g/mol. The molecule has 2 fully saturated rings. The lowest BCUT2D eigenvalue weighted by molar-refractivity contribution is -0.0136. The lowest BCUT2D eigenvalue weighted by Crippen LogP contribution is -2.42. The lowest BCUT2D eigenvalue weighted by Gasteiger charge is -2.32. The van der Waals surface area contributed by atoms with E-state index in [9.17, 15) is 15.2 Å². The van der Waals surface area contributed by atoms with Crippen LogP contribution < -0.4 is 10.7 Å². The van der Waals surface area contributed by atoms with Crippen LogP contribution in [0.3, 0.4) is 0 Å². The Morgan fingerprint density at radius 1 is 1.30 bits per heavy atom. The Labute approximate surface area is 233 Å². The first kappa shape index (κ1) is 28.1. The molecule has 2 aliphatic heterocycles. The number of halogens is 1. The maximum atomic E-state index is 15.2. The average molecular weight is 549 g/mol. The molecule has 4 heterocycles. The second-order valence-corrected chi connectivity index (χ2v) is 11.3. The van der Waals surface area contributed by atoms with Crippen molar-refractivity contribution in [1.82, 2.24) is 19.4 Å². The fraction of sp³-hybridized carbons (Fsp3) is 0.533. The van der Waals surface area contributed by atoms with Crippen molar-refractivity contribution in [2.45, 2.75) is 71.7 Å². The van der Waals surface area contributed by atoms with E-state index in [1.54, 1.807) is 0 Å². The molecule has 0 bridgehead atoms. The fourth-order valence-corrected chi connectivity index (χ4v) is 5.98. The molecule has 40 heavy (non-hydrogen) atoms. The van der Waals surface area contributed by atoms with Crippen LogP contribution in [-0.2, 0) is 11.3 Å². The fourth-order valence-electron chi connectivity index (χ4n) is 5.98. The van der Waals surface area contributed by atoms with E-state index in [2.05, 4.69) is 44.7 Å². The van der Waals surface area contributed by atoms with Gasteiger partial charge in [0.15, 0.2) is 11.2 Å². The number of nitriles is 1. The number of ether oxygens (including phenoxy) is 1. The second-order valence-electron chi connectivity index (χ2n) is 11.3. The molecule has 0 radical (unpaired) electrons. The Balaban J connectivity index is 1.60. The molecule has 5 rings (SSSR count). The Kier molecular flexibility index (Phi) is 8.17. The van der Waals surface area contributed by atoms with E-state index in [1.165, 1.54) is 0 Å². The average Bonchev–Trinajstić information content (AvgIpc) is 2.94. The summed E-state index contributed by atoms with van der Waals surface area (Å²) >= 11 is 0. The van der Waals surface area contributed by atoms with Gasteiger partial charge < -0.3 is 19.7 Å². The van der Waals surface area contributed by atoms with Gasteiger partial charge in [-0.05, 0) is 71.2 Å². The summed E-state index contributed by atoms with van der Waals surface area (Å²) in [6.07, 6.45) is 2.87. The molecular weight excluding hydrogens is 511 g/mol. The Morgan fingerprint density at radius 2 is 2.10 bits per heavy atom. The van der Waals surface area contributed by atoms with E-state index < -0.39 is 11.9 Å². The van der Waals surface area contributed by atoms with E-state index in [4.69, 9.17) is 4.74 Å². The Hall–Kier alpha value is -3.39. The van der Waals surface area contributed by atoms with Crippen LogP contribution in [0.25, 0.3) is 22.2 Å². The molecule has 2 N–H and O–H groups in total. The molecule has 212 valence electrons. The summed E-state index contributed by atoms with van der Waals surface area (Å²) in [6.45, 7) is 10.7. The number of rotatable bonds is 6. The molecule has 9 nitrogen and oxygen atoms in total. The van der Waals surface area contributed by atoms with Gasteiger partial charge >= 0.3 is 0 Å². The zero-order valence-electron chi connectivity index (χ0n) is 23.6. The number of nitrogens with one attached hydrogen (secondary N) is 1. The van der Waals surface area contributed by atoms with Crippen LogP contribution in [0.4, 0.5) is 10.3 Å². The van der Waals surface area contributed by atoms with Crippen LogP contribution in [0.15, 0.2) is 23.1 Å². The van der Waals surface area contributed by atoms with Gasteiger partial charge in [0, 0.05) is 47.9 Å². The predicted octanol–water partition coefficient (Wildman–Crippen LogP) is 4.09. The number of hydrogen-bond acceptors (Lipinski definition) is 8. The van der Waals surface area contributed by atoms with E-state index in [1.807, 2.05) is 26.0 Å². The van der Waals surface area contributed by atoms with E-state index in [0.717, 1.165) is 42.4 Å². The number of nitrogens with zero attached hydrogens (tertiary/aromatic N) is 5. The SMILES string of the molecule is Cc1cc2c(=O)c(C)c(CN3CCC[C@H](C#N)C3)n(C(C)C)c2cc1-c1nc(N[C@@H]2CCOC[C@H]2O)ncc1F. The number of fused-ring (bicyclic) bond motifs is 1. The normalized spacial score (nSPS) is 22.0. The number of benzene rings is 1. The van der Waals surface area contributed by atoms with Crippen molar-refractivity contribution < 1.29 is 14.2 Å². The summed E-state index contributed by atoms with van der Waals surface area (Å²) in [5.41, 5.74) is 3.74. The minimum atomic E-state index is -0.710. The van der Waals surface area contributed by atoms with Crippen molar-refractivity contribution in [3.8, 4) is 17.3 Å². The molecule has 0 saturated carbocycles. The van der Waals surface area contributed by atoms with Crippen LogP contribution in [-0.4, -0.2) is 63.0 Å². The van der Waals surface area contributed by atoms with Gasteiger partial charge in [0.05, 0.1) is 42.5 Å². The quantitative estimate of drug-likeness (QED) is 0.473. The molecule has 0 unspecified atom stereocenters. The molecule has 1 aromatic carbocycles.